The van der Waals surface area contributed by atoms with Gasteiger partial charge in [0.05, 0.1) is 24.2 Å². The number of hydrogen-bond donors (Lipinski definition) is 5. The summed E-state index contributed by atoms with van der Waals surface area (Å²) in [4.78, 5) is 39.1. The van der Waals surface area contributed by atoms with E-state index >= 15 is 0 Å². The number of alkyl carbamates (subject to hydrolysis) is 2. The number of H-pyrrole nitrogens is 1. The van der Waals surface area contributed by atoms with Crippen LogP contribution in [0.4, 0.5) is 21.0 Å². The molecular formula is C21H21N5O5S2. The van der Waals surface area contributed by atoms with Gasteiger partial charge in [-0.1, -0.05) is 0 Å². The zero-order valence-corrected chi connectivity index (χ0v) is 19.4. The maximum atomic E-state index is 12.9. The lowest BCUT2D eigenvalue weighted by Crippen LogP contribution is -2.34. The molecule has 1 aromatic heterocycles. The van der Waals surface area contributed by atoms with Crippen molar-refractivity contribution in [2.45, 2.75) is 13.8 Å². The second kappa shape index (κ2) is 10.7. The Bertz CT molecular complexity index is 1210. The second-order valence-corrected chi connectivity index (χ2v) is 7.39. The van der Waals surface area contributed by atoms with Crippen molar-refractivity contribution in [2.24, 2.45) is 0 Å². The average Bonchev–Trinajstić information content (AvgIpc) is 2.73. The molecule has 3 rings (SSSR count). The van der Waals surface area contributed by atoms with E-state index < -0.39 is 12.2 Å². The molecule has 172 valence electrons. The van der Waals surface area contributed by atoms with Gasteiger partial charge in [0.1, 0.15) is 0 Å². The van der Waals surface area contributed by atoms with Crippen LogP contribution < -0.4 is 26.7 Å². The Balaban J connectivity index is 1.84. The fourth-order valence-corrected chi connectivity index (χ4v) is 3.38. The quantitative estimate of drug-likeness (QED) is 0.277. The molecule has 2 amide bonds. The van der Waals surface area contributed by atoms with E-state index in [0.29, 0.717) is 33.2 Å². The Kier molecular flexibility index (Phi) is 7.74. The van der Waals surface area contributed by atoms with E-state index in [1.165, 1.54) is 0 Å². The standard InChI is InChI=1S/C21H21N5O5S2/c1-3-30-20(28)25-18(32)22-11-5-7-13-15(9-11)24-16-10-12(6-8-14(16)17(13)27)23-19(33)26-21(29)31-4-2/h5-10H,3-4H2,1-2H3,(H,24,27)(H2,22,25,28,32)(H2,23,26,29,33). The number of nitrogens with one attached hydrogen (secondary N) is 5. The van der Waals surface area contributed by atoms with Crippen molar-refractivity contribution < 1.29 is 19.1 Å². The van der Waals surface area contributed by atoms with Gasteiger partial charge in [-0.15, -0.1) is 0 Å². The maximum Gasteiger partial charge on any atom is 0.413 e. The van der Waals surface area contributed by atoms with Crippen LogP contribution in [0.15, 0.2) is 41.2 Å². The van der Waals surface area contributed by atoms with Crippen molar-refractivity contribution >= 4 is 80.0 Å². The first-order valence-corrected chi connectivity index (χ1v) is 10.7. The number of thiocarbonyl (C=S) groups is 2. The molecule has 0 fully saturated rings. The highest BCUT2D eigenvalue weighted by Gasteiger charge is 2.10. The molecule has 0 aliphatic heterocycles. The highest BCUT2D eigenvalue weighted by molar-refractivity contribution is 7.80. The largest absolute Gasteiger partial charge is 0.450 e. The Hall–Kier alpha value is -3.77. The molecule has 2 aromatic carbocycles. The fourth-order valence-electron chi connectivity index (χ4n) is 2.98. The molecule has 0 spiro atoms. The Morgan fingerprint density at radius 3 is 1.64 bits per heavy atom. The van der Waals surface area contributed by atoms with Gasteiger partial charge in [0, 0.05) is 22.1 Å². The Morgan fingerprint density at radius 2 is 1.24 bits per heavy atom. The Morgan fingerprint density at radius 1 is 0.818 bits per heavy atom. The number of benzene rings is 2. The van der Waals surface area contributed by atoms with Crippen LogP contribution in [0, 0.1) is 0 Å². The summed E-state index contributed by atoms with van der Waals surface area (Å²) in [5.41, 5.74) is 2.08. The maximum absolute atomic E-state index is 12.9. The first kappa shape index (κ1) is 23.9. The number of pyridine rings is 1. The number of aromatic amines is 1. The van der Waals surface area contributed by atoms with Crippen molar-refractivity contribution in [3.8, 4) is 0 Å². The topological polar surface area (TPSA) is 134 Å². The van der Waals surface area contributed by atoms with Gasteiger partial charge in [-0.05, 0) is 74.7 Å². The summed E-state index contributed by atoms with van der Waals surface area (Å²) in [6.07, 6.45) is -1.32. The third-order valence-electron chi connectivity index (χ3n) is 4.30. The van der Waals surface area contributed by atoms with Crippen LogP contribution in [0.1, 0.15) is 13.8 Å². The zero-order chi connectivity index (χ0) is 24.0. The number of fused-ring (bicyclic) bond motifs is 2. The summed E-state index contributed by atoms with van der Waals surface area (Å²) < 4.78 is 9.57. The van der Waals surface area contributed by atoms with Crippen molar-refractivity contribution in [1.29, 1.82) is 0 Å². The molecule has 12 heteroatoms. The van der Waals surface area contributed by atoms with Crippen LogP contribution in [0.2, 0.25) is 0 Å². The number of hydrogen-bond acceptors (Lipinski definition) is 7. The van der Waals surface area contributed by atoms with Crippen LogP contribution in [0.25, 0.3) is 21.8 Å². The molecule has 0 aliphatic rings. The normalized spacial score (nSPS) is 10.4. The van der Waals surface area contributed by atoms with Gasteiger partial charge in [-0.2, -0.15) is 0 Å². The molecule has 33 heavy (non-hydrogen) atoms. The molecule has 0 aliphatic carbocycles. The van der Waals surface area contributed by atoms with Crippen LogP contribution in [-0.4, -0.2) is 40.6 Å². The minimum Gasteiger partial charge on any atom is -0.450 e. The van der Waals surface area contributed by atoms with E-state index in [2.05, 4.69) is 26.3 Å². The molecule has 0 radical (unpaired) electrons. The van der Waals surface area contributed by atoms with Gasteiger partial charge in [0.2, 0.25) is 0 Å². The minimum atomic E-state index is -0.661. The number of rotatable bonds is 4. The van der Waals surface area contributed by atoms with Gasteiger partial charge in [-0.3, -0.25) is 15.4 Å². The summed E-state index contributed by atoms with van der Waals surface area (Å²) in [7, 11) is 0. The Labute approximate surface area is 199 Å². The van der Waals surface area contributed by atoms with Crippen LogP contribution in [0.5, 0.6) is 0 Å². The summed E-state index contributed by atoms with van der Waals surface area (Å²) >= 11 is 10.2. The molecule has 3 aromatic rings. The van der Waals surface area contributed by atoms with E-state index in [9.17, 15) is 14.4 Å². The average molecular weight is 488 g/mol. The predicted molar refractivity (Wildman–Crippen MR) is 135 cm³/mol. The first-order valence-electron chi connectivity index (χ1n) is 9.90. The lowest BCUT2D eigenvalue weighted by atomic mass is 10.1. The monoisotopic (exact) mass is 487 g/mol. The molecule has 0 bridgehead atoms. The summed E-state index contributed by atoms with van der Waals surface area (Å²) in [6, 6.07) is 10.1. The third-order valence-corrected chi connectivity index (χ3v) is 4.70. The van der Waals surface area contributed by atoms with E-state index in [1.54, 1.807) is 50.2 Å². The lowest BCUT2D eigenvalue weighted by Gasteiger charge is -2.12. The number of amides is 2. The van der Waals surface area contributed by atoms with Gasteiger partial charge < -0.3 is 25.1 Å². The number of aromatic nitrogens is 1. The third kappa shape index (κ3) is 6.14. The molecule has 5 N–H and O–H groups in total. The van der Waals surface area contributed by atoms with Crippen molar-refractivity contribution in [2.75, 3.05) is 23.8 Å². The molecule has 0 saturated carbocycles. The fraction of sp³-hybridized carbons (Fsp3) is 0.190. The molecule has 0 saturated heterocycles. The van der Waals surface area contributed by atoms with E-state index in [-0.39, 0.29) is 28.9 Å². The lowest BCUT2D eigenvalue weighted by molar-refractivity contribution is 0.157. The number of ether oxygens (including phenoxy) is 2. The summed E-state index contributed by atoms with van der Waals surface area (Å²) in [5, 5.41) is 11.6. The van der Waals surface area contributed by atoms with Crippen LogP contribution in [0.3, 0.4) is 0 Å². The van der Waals surface area contributed by atoms with E-state index in [1.807, 2.05) is 0 Å². The van der Waals surface area contributed by atoms with Gasteiger partial charge in [-0.25, -0.2) is 9.59 Å². The van der Waals surface area contributed by atoms with Gasteiger partial charge in [0.25, 0.3) is 0 Å². The summed E-state index contributed by atoms with van der Waals surface area (Å²) in [6.45, 7) is 3.81. The first-order chi connectivity index (χ1) is 15.8. The smallest absolute Gasteiger partial charge is 0.413 e. The zero-order valence-electron chi connectivity index (χ0n) is 17.7. The van der Waals surface area contributed by atoms with Crippen molar-refractivity contribution in [1.82, 2.24) is 15.6 Å². The van der Waals surface area contributed by atoms with Gasteiger partial charge >= 0.3 is 12.2 Å². The second-order valence-electron chi connectivity index (χ2n) is 6.57. The number of carbonyl (C=O) groups is 2. The SMILES string of the molecule is CCOC(=O)NC(=S)Nc1ccc2c(=O)c3ccc(NC(=S)NC(=O)OCC)cc3[nH]c2c1. The van der Waals surface area contributed by atoms with Crippen molar-refractivity contribution in [3.05, 3.63) is 46.6 Å². The van der Waals surface area contributed by atoms with Crippen molar-refractivity contribution in [3.63, 3.8) is 0 Å². The van der Waals surface area contributed by atoms with Gasteiger partial charge in [0.15, 0.2) is 15.7 Å². The minimum absolute atomic E-state index is 0.0602. The molecule has 1 heterocycles. The molecule has 10 nitrogen and oxygen atoms in total. The van der Waals surface area contributed by atoms with Crippen LogP contribution in [-0.2, 0) is 9.47 Å². The van der Waals surface area contributed by atoms with E-state index in [0.717, 1.165) is 0 Å². The number of carbonyl (C=O) groups excluding carboxylic acids is 2. The summed E-state index contributed by atoms with van der Waals surface area (Å²) in [5.74, 6) is 0. The molecule has 0 unspecified atom stereocenters. The highest BCUT2D eigenvalue weighted by Crippen LogP contribution is 2.21. The highest BCUT2D eigenvalue weighted by atomic mass is 32.1. The predicted octanol–water partition coefficient (Wildman–Crippen LogP) is 3.57. The van der Waals surface area contributed by atoms with E-state index in [4.69, 9.17) is 33.9 Å². The molecular weight excluding hydrogens is 466 g/mol. The number of anilines is 2. The molecule has 0 atom stereocenters. The van der Waals surface area contributed by atoms with Crippen LogP contribution >= 0.6 is 24.4 Å².